The zero-order valence-electron chi connectivity index (χ0n) is 17.1. The average Bonchev–Trinajstić information content (AvgIpc) is 2.72. The highest BCUT2D eigenvalue weighted by atomic mass is 19.1. The number of aryl methyl sites for hydroxylation is 1. The van der Waals surface area contributed by atoms with Crippen LogP contribution in [0.4, 0.5) is 4.39 Å². The van der Waals surface area contributed by atoms with Crippen molar-refractivity contribution in [1.82, 2.24) is 0 Å². The van der Waals surface area contributed by atoms with Gasteiger partial charge in [-0.15, -0.1) is 0 Å². The van der Waals surface area contributed by atoms with Gasteiger partial charge in [0.2, 0.25) is 0 Å². The number of nitriles is 1. The van der Waals surface area contributed by atoms with Crippen LogP contribution in [0.2, 0.25) is 0 Å². The van der Waals surface area contributed by atoms with Gasteiger partial charge in [-0.3, -0.25) is 0 Å². The van der Waals surface area contributed by atoms with Gasteiger partial charge in [0.25, 0.3) is 0 Å². The van der Waals surface area contributed by atoms with Gasteiger partial charge in [-0.25, -0.2) is 4.39 Å². The number of rotatable bonds is 7. The van der Waals surface area contributed by atoms with Gasteiger partial charge in [0.05, 0.1) is 11.6 Å². The molecule has 2 fully saturated rings. The summed E-state index contributed by atoms with van der Waals surface area (Å²) in [6.07, 6.45) is 17.5. The van der Waals surface area contributed by atoms with Crippen LogP contribution < -0.4 is 0 Å². The zero-order chi connectivity index (χ0) is 19.1. The molecular formula is C25H36FN. The van der Waals surface area contributed by atoms with E-state index in [0.717, 1.165) is 42.1 Å². The molecule has 2 saturated carbocycles. The second-order valence-corrected chi connectivity index (χ2v) is 9.16. The topological polar surface area (TPSA) is 23.8 Å². The molecule has 0 amide bonds. The molecule has 0 N–H and O–H groups in total. The first-order valence-corrected chi connectivity index (χ1v) is 11.4. The van der Waals surface area contributed by atoms with Crippen molar-refractivity contribution in [3.05, 3.63) is 35.1 Å². The second kappa shape index (κ2) is 10.3. The van der Waals surface area contributed by atoms with Gasteiger partial charge < -0.3 is 0 Å². The van der Waals surface area contributed by atoms with Crippen LogP contribution in [0.3, 0.4) is 0 Å². The SMILES string of the molecule is CCCC[C@H]1CC[C@H](C2CCC(CCc3ccc(C#N)cc3F)CC2)CC1. The van der Waals surface area contributed by atoms with Crippen molar-refractivity contribution >= 4 is 0 Å². The van der Waals surface area contributed by atoms with E-state index in [1.54, 1.807) is 12.1 Å². The van der Waals surface area contributed by atoms with Gasteiger partial charge in [-0.2, -0.15) is 5.26 Å². The van der Waals surface area contributed by atoms with E-state index < -0.39 is 0 Å². The number of unbranched alkanes of at least 4 members (excludes halogenated alkanes) is 1. The predicted octanol–water partition coefficient (Wildman–Crippen LogP) is 7.43. The summed E-state index contributed by atoms with van der Waals surface area (Å²) in [5.74, 6) is 3.51. The van der Waals surface area contributed by atoms with Crippen LogP contribution in [-0.4, -0.2) is 0 Å². The maximum absolute atomic E-state index is 14.1. The van der Waals surface area contributed by atoms with Gasteiger partial charge >= 0.3 is 0 Å². The van der Waals surface area contributed by atoms with Crippen LogP contribution in [0, 0.1) is 40.8 Å². The Morgan fingerprint density at radius 1 is 0.926 bits per heavy atom. The fourth-order valence-corrected chi connectivity index (χ4v) is 5.57. The molecule has 0 saturated heterocycles. The molecule has 2 aliphatic rings. The van der Waals surface area contributed by atoms with Crippen LogP contribution in [0.1, 0.15) is 95.1 Å². The van der Waals surface area contributed by atoms with Gasteiger partial charge in [-0.1, -0.05) is 57.9 Å². The van der Waals surface area contributed by atoms with Gasteiger partial charge in [0.15, 0.2) is 0 Å². The number of hydrogen-bond donors (Lipinski definition) is 0. The minimum atomic E-state index is -0.206. The first kappa shape index (κ1) is 20.4. The molecule has 0 aliphatic heterocycles. The predicted molar refractivity (Wildman–Crippen MR) is 110 cm³/mol. The highest BCUT2D eigenvalue weighted by Crippen LogP contribution is 2.43. The first-order chi connectivity index (χ1) is 13.2. The molecule has 1 aromatic rings. The summed E-state index contributed by atoms with van der Waals surface area (Å²) in [5.41, 5.74) is 1.20. The molecule has 0 heterocycles. The largest absolute Gasteiger partial charge is 0.207 e. The van der Waals surface area contributed by atoms with E-state index in [4.69, 9.17) is 5.26 Å². The number of hydrogen-bond acceptors (Lipinski definition) is 1. The Morgan fingerprint density at radius 3 is 2.04 bits per heavy atom. The van der Waals surface area contributed by atoms with Crippen LogP contribution in [0.5, 0.6) is 0 Å². The maximum Gasteiger partial charge on any atom is 0.127 e. The van der Waals surface area contributed by atoms with Gasteiger partial charge in [0, 0.05) is 0 Å². The lowest BCUT2D eigenvalue weighted by molar-refractivity contribution is 0.140. The summed E-state index contributed by atoms with van der Waals surface area (Å²) in [6.45, 7) is 2.31. The Balaban J connectivity index is 1.38. The van der Waals surface area contributed by atoms with E-state index in [0.29, 0.717) is 5.56 Å². The molecule has 27 heavy (non-hydrogen) atoms. The van der Waals surface area contributed by atoms with Crippen molar-refractivity contribution in [2.75, 3.05) is 0 Å². The van der Waals surface area contributed by atoms with E-state index >= 15 is 0 Å². The third kappa shape index (κ3) is 5.81. The smallest absolute Gasteiger partial charge is 0.127 e. The van der Waals surface area contributed by atoms with Crippen LogP contribution in [0.15, 0.2) is 18.2 Å². The fourth-order valence-electron chi connectivity index (χ4n) is 5.57. The fraction of sp³-hybridized carbons (Fsp3) is 0.720. The highest BCUT2D eigenvalue weighted by Gasteiger charge is 2.30. The van der Waals surface area contributed by atoms with Crippen LogP contribution in [-0.2, 0) is 6.42 Å². The normalized spacial score (nSPS) is 28.6. The quantitative estimate of drug-likeness (QED) is 0.490. The average molecular weight is 370 g/mol. The van der Waals surface area contributed by atoms with Crippen molar-refractivity contribution in [2.45, 2.75) is 90.4 Å². The Labute approximate surface area is 165 Å². The number of halogens is 1. The summed E-state index contributed by atoms with van der Waals surface area (Å²) < 4.78 is 14.1. The molecule has 2 heteroatoms. The Kier molecular flexibility index (Phi) is 7.74. The molecule has 1 aromatic carbocycles. The molecule has 0 bridgehead atoms. The van der Waals surface area contributed by atoms with Crippen molar-refractivity contribution in [1.29, 1.82) is 5.26 Å². The van der Waals surface area contributed by atoms with E-state index in [2.05, 4.69) is 6.92 Å². The Bertz CT molecular complexity index is 616. The lowest BCUT2D eigenvalue weighted by Gasteiger charge is -2.38. The lowest BCUT2D eigenvalue weighted by atomic mass is 9.68. The highest BCUT2D eigenvalue weighted by molar-refractivity contribution is 5.32. The van der Waals surface area contributed by atoms with Crippen molar-refractivity contribution in [3.8, 4) is 6.07 Å². The van der Waals surface area contributed by atoms with Crippen molar-refractivity contribution < 1.29 is 4.39 Å². The minimum absolute atomic E-state index is 0.206. The minimum Gasteiger partial charge on any atom is -0.207 e. The van der Waals surface area contributed by atoms with Crippen molar-refractivity contribution in [2.24, 2.45) is 23.7 Å². The molecule has 148 valence electrons. The van der Waals surface area contributed by atoms with E-state index in [1.165, 1.54) is 76.7 Å². The molecule has 0 radical (unpaired) electrons. The molecule has 3 rings (SSSR count). The number of nitrogens with zero attached hydrogens (tertiary/aromatic N) is 1. The second-order valence-electron chi connectivity index (χ2n) is 9.16. The summed E-state index contributed by atoms with van der Waals surface area (Å²) in [4.78, 5) is 0. The third-order valence-electron chi connectivity index (χ3n) is 7.42. The van der Waals surface area contributed by atoms with Gasteiger partial charge in [-0.05, 0) is 79.9 Å². The number of benzene rings is 1. The molecule has 2 aliphatic carbocycles. The van der Waals surface area contributed by atoms with Crippen LogP contribution >= 0.6 is 0 Å². The molecule has 0 aromatic heterocycles. The van der Waals surface area contributed by atoms with Crippen LogP contribution in [0.25, 0.3) is 0 Å². The van der Waals surface area contributed by atoms with Gasteiger partial charge in [0.1, 0.15) is 5.82 Å². The molecular weight excluding hydrogens is 333 g/mol. The summed E-state index contributed by atoms with van der Waals surface area (Å²) in [7, 11) is 0. The summed E-state index contributed by atoms with van der Waals surface area (Å²) in [5, 5.41) is 8.85. The maximum atomic E-state index is 14.1. The monoisotopic (exact) mass is 369 g/mol. The molecule has 0 atom stereocenters. The summed E-state index contributed by atoms with van der Waals surface area (Å²) >= 11 is 0. The van der Waals surface area contributed by atoms with E-state index in [-0.39, 0.29) is 5.82 Å². The van der Waals surface area contributed by atoms with E-state index in [9.17, 15) is 4.39 Å². The first-order valence-electron chi connectivity index (χ1n) is 11.4. The summed E-state index contributed by atoms with van der Waals surface area (Å²) in [6, 6.07) is 6.93. The standard InChI is InChI=1S/C25H36FN/c1-2-3-4-19-5-11-22(12-6-19)23-13-7-20(8-14-23)9-15-24-16-10-21(18-27)17-25(24)26/h10,16-17,19-20,22-23H,2-9,11-15H2,1H3/t19-,20?,22-,23?. The lowest BCUT2D eigenvalue weighted by Crippen LogP contribution is -2.26. The molecule has 0 unspecified atom stereocenters. The molecule has 1 nitrogen and oxygen atoms in total. The third-order valence-corrected chi connectivity index (χ3v) is 7.42. The Morgan fingerprint density at radius 2 is 1.52 bits per heavy atom. The van der Waals surface area contributed by atoms with E-state index in [1.807, 2.05) is 6.07 Å². The Hall–Kier alpha value is -1.36. The van der Waals surface area contributed by atoms with Crippen molar-refractivity contribution in [3.63, 3.8) is 0 Å². The zero-order valence-corrected chi connectivity index (χ0v) is 17.1. The molecule has 0 spiro atoms.